The molecule has 1 saturated heterocycles. The van der Waals surface area contributed by atoms with Gasteiger partial charge in [-0.2, -0.15) is 0 Å². The van der Waals surface area contributed by atoms with Crippen molar-refractivity contribution in [2.45, 2.75) is 52.1 Å². The van der Waals surface area contributed by atoms with E-state index in [1.807, 2.05) is 31.2 Å². The minimum atomic E-state index is -0.804. The molecule has 2 rings (SSSR count). The maximum atomic E-state index is 12.3. The zero-order valence-corrected chi connectivity index (χ0v) is 16.7. The van der Waals surface area contributed by atoms with E-state index < -0.39 is 5.60 Å². The van der Waals surface area contributed by atoms with Gasteiger partial charge in [0.25, 0.3) is 5.91 Å². The van der Waals surface area contributed by atoms with Crippen molar-refractivity contribution in [3.63, 3.8) is 0 Å². The third-order valence-electron chi connectivity index (χ3n) is 5.35. The van der Waals surface area contributed by atoms with Crippen LogP contribution in [0.3, 0.4) is 0 Å². The Morgan fingerprint density at radius 3 is 2.69 bits per heavy atom. The van der Waals surface area contributed by atoms with E-state index in [1.165, 1.54) is 25.9 Å². The highest BCUT2D eigenvalue weighted by atomic mass is 16.5. The lowest BCUT2D eigenvalue weighted by Crippen LogP contribution is -2.41. The molecule has 1 aliphatic rings. The Bertz CT molecular complexity index is 555. The van der Waals surface area contributed by atoms with Crippen LogP contribution in [0.1, 0.15) is 46.5 Å². The van der Waals surface area contributed by atoms with Crippen LogP contribution in [0.4, 0.5) is 5.69 Å². The molecule has 1 amide bonds. The zero-order chi connectivity index (χ0) is 19.0. The van der Waals surface area contributed by atoms with Crippen LogP contribution in [0, 0.1) is 5.92 Å². The Morgan fingerprint density at radius 2 is 2.08 bits per heavy atom. The molecule has 0 aromatic heterocycles. The highest BCUT2D eigenvalue weighted by Crippen LogP contribution is 2.20. The van der Waals surface area contributed by atoms with Crippen molar-refractivity contribution in [1.29, 1.82) is 0 Å². The third-order valence-corrected chi connectivity index (χ3v) is 5.35. The summed E-state index contributed by atoms with van der Waals surface area (Å²) in [7, 11) is 1.56. The van der Waals surface area contributed by atoms with Crippen LogP contribution >= 0.6 is 0 Å². The number of amides is 1. The van der Waals surface area contributed by atoms with E-state index in [4.69, 9.17) is 9.47 Å². The molecule has 2 atom stereocenters. The van der Waals surface area contributed by atoms with Gasteiger partial charge >= 0.3 is 0 Å². The predicted octanol–water partition coefficient (Wildman–Crippen LogP) is 3.94. The van der Waals surface area contributed by atoms with E-state index in [0.717, 1.165) is 30.3 Å². The first-order chi connectivity index (χ1) is 12.5. The number of carbonyl (C=O) groups is 1. The average Bonchev–Trinajstić information content (AvgIpc) is 2.66. The smallest absolute Gasteiger partial charge is 0.256 e. The lowest BCUT2D eigenvalue weighted by molar-refractivity contribution is -0.136. The second-order valence-corrected chi connectivity index (χ2v) is 7.52. The molecule has 0 aliphatic carbocycles. The lowest BCUT2D eigenvalue weighted by atomic mass is 10.0. The molecule has 1 aromatic rings. The number of hydrogen-bond donors (Lipinski definition) is 1. The molecule has 1 aliphatic heterocycles. The average molecular weight is 363 g/mol. The van der Waals surface area contributed by atoms with Gasteiger partial charge in [-0.15, -0.1) is 0 Å². The number of rotatable bonds is 9. The van der Waals surface area contributed by atoms with Crippen molar-refractivity contribution in [1.82, 2.24) is 4.90 Å². The molecule has 0 radical (unpaired) electrons. The standard InChI is InChI=1S/C21H34N2O3/c1-5-21(3,25-4)20(24)22-18-9-11-19(12-10-18)26-15-7-14-23-13-6-8-17(2)16-23/h9-12,17H,5-8,13-16H2,1-4H3,(H,22,24)/t17-,21+/m0/s1. The third kappa shape index (κ3) is 5.99. The largest absolute Gasteiger partial charge is 0.494 e. The predicted molar refractivity (Wildman–Crippen MR) is 106 cm³/mol. The second-order valence-electron chi connectivity index (χ2n) is 7.52. The van der Waals surface area contributed by atoms with Gasteiger partial charge in [-0.1, -0.05) is 13.8 Å². The van der Waals surface area contributed by atoms with Crippen LogP contribution in [-0.2, 0) is 9.53 Å². The maximum Gasteiger partial charge on any atom is 0.256 e. The number of methoxy groups -OCH3 is 1. The normalized spacial score (nSPS) is 20.4. The van der Waals surface area contributed by atoms with Gasteiger partial charge in [0.1, 0.15) is 11.4 Å². The summed E-state index contributed by atoms with van der Waals surface area (Å²) in [5.41, 5.74) is -0.0532. The van der Waals surface area contributed by atoms with Gasteiger partial charge in [0.05, 0.1) is 6.61 Å². The van der Waals surface area contributed by atoms with Crippen LogP contribution in [0.25, 0.3) is 0 Å². The van der Waals surface area contributed by atoms with E-state index in [-0.39, 0.29) is 5.91 Å². The van der Waals surface area contributed by atoms with Crippen molar-refractivity contribution in [3.05, 3.63) is 24.3 Å². The molecular formula is C21H34N2O3. The second kappa shape index (κ2) is 9.93. The molecule has 5 heteroatoms. The minimum absolute atomic E-state index is 0.132. The monoisotopic (exact) mass is 362 g/mol. The summed E-state index contributed by atoms with van der Waals surface area (Å²) in [6, 6.07) is 7.53. The number of nitrogens with zero attached hydrogens (tertiary/aromatic N) is 1. The Morgan fingerprint density at radius 1 is 1.35 bits per heavy atom. The van der Waals surface area contributed by atoms with Gasteiger partial charge in [0, 0.05) is 25.9 Å². The maximum absolute atomic E-state index is 12.3. The highest BCUT2D eigenvalue weighted by Gasteiger charge is 2.30. The van der Waals surface area contributed by atoms with Gasteiger partial charge < -0.3 is 19.7 Å². The van der Waals surface area contributed by atoms with Crippen molar-refractivity contribution in [3.8, 4) is 5.75 Å². The summed E-state index contributed by atoms with van der Waals surface area (Å²) < 4.78 is 11.2. The topological polar surface area (TPSA) is 50.8 Å². The Labute approximate surface area is 158 Å². The number of nitrogens with one attached hydrogen (secondary N) is 1. The molecule has 1 N–H and O–H groups in total. The molecule has 0 saturated carbocycles. The Kier molecular flexibility index (Phi) is 7.91. The molecule has 0 unspecified atom stereocenters. The molecule has 1 aromatic carbocycles. The summed E-state index contributed by atoms with van der Waals surface area (Å²) in [6.07, 6.45) is 4.33. The van der Waals surface area contributed by atoms with Gasteiger partial charge in [-0.3, -0.25) is 4.79 Å². The molecule has 0 bridgehead atoms. The van der Waals surface area contributed by atoms with Crippen LogP contribution in [0.15, 0.2) is 24.3 Å². The Balaban J connectivity index is 1.72. The van der Waals surface area contributed by atoms with E-state index in [9.17, 15) is 4.79 Å². The van der Waals surface area contributed by atoms with Crippen molar-refractivity contribution in [2.24, 2.45) is 5.92 Å². The van der Waals surface area contributed by atoms with E-state index in [0.29, 0.717) is 13.0 Å². The van der Waals surface area contributed by atoms with Gasteiger partial charge in [0.2, 0.25) is 0 Å². The number of anilines is 1. The summed E-state index contributed by atoms with van der Waals surface area (Å²) in [5, 5.41) is 2.90. The van der Waals surface area contributed by atoms with Crippen molar-refractivity contribution < 1.29 is 14.3 Å². The number of ether oxygens (including phenoxy) is 2. The summed E-state index contributed by atoms with van der Waals surface area (Å²) in [5.74, 6) is 1.52. The number of hydrogen-bond acceptors (Lipinski definition) is 4. The molecule has 26 heavy (non-hydrogen) atoms. The van der Waals surface area contributed by atoms with E-state index in [1.54, 1.807) is 14.0 Å². The van der Waals surface area contributed by atoms with Crippen LogP contribution in [0.5, 0.6) is 5.75 Å². The molecule has 5 nitrogen and oxygen atoms in total. The molecule has 1 fully saturated rings. The van der Waals surface area contributed by atoms with E-state index >= 15 is 0 Å². The summed E-state index contributed by atoms with van der Waals surface area (Å²) in [4.78, 5) is 14.8. The SMILES string of the molecule is CC[C@@](C)(OC)C(=O)Nc1ccc(OCCCN2CCC[C@H](C)C2)cc1. The number of carbonyl (C=O) groups excluding carboxylic acids is 1. The quantitative estimate of drug-likeness (QED) is 0.676. The molecule has 1 heterocycles. The van der Waals surface area contributed by atoms with Crippen molar-refractivity contribution in [2.75, 3.05) is 38.7 Å². The fraction of sp³-hybridized carbons (Fsp3) is 0.667. The molecule has 0 spiro atoms. The number of likely N-dealkylation sites (tertiary alicyclic amines) is 1. The van der Waals surface area contributed by atoms with Crippen molar-refractivity contribution >= 4 is 11.6 Å². The first-order valence-corrected chi connectivity index (χ1v) is 9.78. The lowest BCUT2D eigenvalue weighted by Gasteiger charge is -2.30. The van der Waals surface area contributed by atoms with Crippen LogP contribution in [0.2, 0.25) is 0 Å². The van der Waals surface area contributed by atoms with Gasteiger partial charge in [-0.25, -0.2) is 0 Å². The Hall–Kier alpha value is -1.59. The van der Waals surface area contributed by atoms with Crippen LogP contribution in [-0.4, -0.2) is 49.8 Å². The fourth-order valence-electron chi connectivity index (χ4n) is 3.26. The number of piperidine rings is 1. The van der Waals surface area contributed by atoms with Gasteiger partial charge in [-0.05, 0) is 69.3 Å². The fourth-order valence-corrected chi connectivity index (χ4v) is 3.26. The minimum Gasteiger partial charge on any atom is -0.494 e. The first-order valence-electron chi connectivity index (χ1n) is 9.78. The van der Waals surface area contributed by atoms with Crippen LogP contribution < -0.4 is 10.1 Å². The van der Waals surface area contributed by atoms with E-state index in [2.05, 4.69) is 17.1 Å². The highest BCUT2D eigenvalue weighted by molar-refractivity contribution is 5.97. The molecule has 146 valence electrons. The zero-order valence-electron chi connectivity index (χ0n) is 16.7. The summed E-state index contributed by atoms with van der Waals surface area (Å²) >= 11 is 0. The first kappa shape index (κ1) is 20.7. The van der Waals surface area contributed by atoms with Gasteiger partial charge in [0.15, 0.2) is 0 Å². The summed E-state index contributed by atoms with van der Waals surface area (Å²) in [6.45, 7) is 10.3. The number of benzene rings is 1. The molecular weight excluding hydrogens is 328 g/mol.